The predicted octanol–water partition coefficient (Wildman–Crippen LogP) is 3.49. The van der Waals surface area contributed by atoms with Crippen molar-refractivity contribution in [1.82, 2.24) is 10.2 Å². The van der Waals surface area contributed by atoms with E-state index >= 15 is 0 Å². The summed E-state index contributed by atoms with van der Waals surface area (Å²) in [7, 11) is 0. The lowest BCUT2D eigenvalue weighted by molar-refractivity contribution is -0.144. The number of terminal acetylenes is 1. The van der Waals surface area contributed by atoms with Crippen molar-refractivity contribution in [1.29, 1.82) is 0 Å². The number of carboxylic acids is 1. The molecule has 1 aliphatic carbocycles. The number of carbonyl (C=O) groups is 3. The first-order chi connectivity index (χ1) is 15.9. The maximum absolute atomic E-state index is 12.3. The number of amides is 2. The van der Waals surface area contributed by atoms with Crippen LogP contribution in [0.5, 0.6) is 0 Å². The largest absolute Gasteiger partial charge is 0.480 e. The van der Waals surface area contributed by atoms with Gasteiger partial charge in [-0.1, -0.05) is 61.4 Å². The Bertz CT molecular complexity index is 1010. The zero-order valence-electron chi connectivity index (χ0n) is 18.6. The van der Waals surface area contributed by atoms with Gasteiger partial charge in [-0.3, -0.25) is 9.59 Å². The van der Waals surface area contributed by atoms with E-state index in [0.29, 0.717) is 13.0 Å². The van der Waals surface area contributed by atoms with E-state index in [4.69, 9.17) is 16.3 Å². The Kier molecular flexibility index (Phi) is 8.09. The molecule has 172 valence electrons. The Labute approximate surface area is 193 Å². The van der Waals surface area contributed by atoms with Crippen molar-refractivity contribution in [2.45, 2.75) is 25.7 Å². The van der Waals surface area contributed by atoms with Crippen molar-refractivity contribution in [2.75, 3.05) is 26.2 Å². The van der Waals surface area contributed by atoms with Crippen molar-refractivity contribution >= 4 is 18.0 Å². The number of nitrogens with one attached hydrogen (secondary N) is 1. The Balaban J connectivity index is 1.44. The molecule has 0 radical (unpaired) electrons. The summed E-state index contributed by atoms with van der Waals surface area (Å²) in [6, 6.07) is 16.3. The van der Waals surface area contributed by atoms with E-state index in [1.807, 2.05) is 31.2 Å². The molecule has 0 fully saturated rings. The molecule has 1 unspecified atom stereocenters. The topological polar surface area (TPSA) is 95.9 Å². The van der Waals surface area contributed by atoms with Gasteiger partial charge in [0.25, 0.3) is 0 Å². The summed E-state index contributed by atoms with van der Waals surface area (Å²) in [4.78, 5) is 36.6. The third kappa shape index (κ3) is 6.13. The second kappa shape index (κ2) is 11.2. The molecule has 2 N–H and O–H groups in total. The summed E-state index contributed by atoms with van der Waals surface area (Å²) in [6.07, 6.45) is 5.41. The molecule has 0 aromatic heterocycles. The van der Waals surface area contributed by atoms with Crippen LogP contribution in [-0.4, -0.2) is 54.2 Å². The van der Waals surface area contributed by atoms with Gasteiger partial charge in [-0.25, -0.2) is 4.79 Å². The van der Waals surface area contributed by atoms with E-state index in [-0.39, 0.29) is 37.3 Å². The first kappa shape index (κ1) is 23.9. The highest BCUT2D eigenvalue weighted by molar-refractivity contribution is 5.82. The summed E-state index contributed by atoms with van der Waals surface area (Å²) < 4.78 is 5.50. The van der Waals surface area contributed by atoms with Crippen LogP contribution in [0.25, 0.3) is 11.1 Å². The molecule has 0 bridgehead atoms. The molecule has 1 atom stereocenters. The van der Waals surface area contributed by atoms with Crippen LogP contribution in [0.3, 0.4) is 0 Å². The maximum Gasteiger partial charge on any atom is 0.407 e. The van der Waals surface area contributed by atoms with E-state index in [9.17, 15) is 14.4 Å². The number of ether oxygens (including phenoxy) is 1. The average Bonchev–Trinajstić information content (AvgIpc) is 3.11. The maximum atomic E-state index is 12.3. The van der Waals surface area contributed by atoms with E-state index in [0.717, 1.165) is 16.0 Å². The molecule has 2 aromatic carbocycles. The molecule has 33 heavy (non-hydrogen) atoms. The Morgan fingerprint density at radius 2 is 1.73 bits per heavy atom. The van der Waals surface area contributed by atoms with Gasteiger partial charge < -0.3 is 20.1 Å². The van der Waals surface area contributed by atoms with Gasteiger partial charge >= 0.3 is 12.1 Å². The number of hydrogen-bond donors (Lipinski definition) is 2. The van der Waals surface area contributed by atoms with Gasteiger partial charge in [-0.2, -0.15) is 0 Å². The van der Waals surface area contributed by atoms with Crippen LogP contribution in [-0.2, 0) is 14.3 Å². The number of fused-ring (bicyclic) bond motifs is 3. The highest BCUT2D eigenvalue weighted by atomic mass is 16.5. The molecule has 1 aliphatic rings. The molecule has 0 saturated carbocycles. The molecule has 3 rings (SSSR count). The van der Waals surface area contributed by atoms with Gasteiger partial charge in [0.15, 0.2) is 0 Å². The molecule has 0 spiro atoms. The molecule has 7 nitrogen and oxygen atoms in total. The minimum atomic E-state index is -1.11. The summed E-state index contributed by atoms with van der Waals surface area (Å²) in [5.41, 5.74) is 4.64. The number of carbonyl (C=O) groups excluding carboxylic acids is 2. The Morgan fingerprint density at radius 1 is 1.12 bits per heavy atom. The second-order valence-corrected chi connectivity index (χ2v) is 8.20. The fraction of sp³-hybridized carbons (Fsp3) is 0.346. The van der Waals surface area contributed by atoms with E-state index in [1.165, 1.54) is 11.1 Å². The molecule has 0 heterocycles. The fourth-order valence-corrected chi connectivity index (χ4v) is 4.11. The van der Waals surface area contributed by atoms with Gasteiger partial charge in [0.05, 0.1) is 6.54 Å². The van der Waals surface area contributed by atoms with Crippen molar-refractivity contribution in [3.63, 3.8) is 0 Å². The highest BCUT2D eigenvalue weighted by Crippen LogP contribution is 2.44. The fourth-order valence-electron chi connectivity index (χ4n) is 4.11. The first-order valence-electron chi connectivity index (χ1n) is 10.9. The molecular formula is C26H28N2O5. The van der Waals surface area contributed by atoms with Crippen LogP contribution in [0, 0.1) is 18.3 Å². The third-order valence-electron chi connectivity index (χ3n) is 5.73. The second-order valence-electron chi connectivity index (χ2n) is 8.20. The van der Waals surface area contributed by atoms with Crippen molar-refractivity contribution in [2.24, 2.45) is 5.92 Å². The average molecular weight is 449 g/mol. The van der Waals surface area contributed by atoms with Crippen LogP contribution in [0.2, 0.25) is 0 Å². The predicted molar refractivity (Wildman–Crippen MR) is 125 cm³/mol. The standard InChI is InChI=1S/C26H28N2O5/c1-3-14-28(16-25(30)31)24(29)15-18(2)12-13-27-26(32)33-17-23-21-10-6-4-8-19(21)20-9-5-7-11-22(20)23/h1,4-11,18,23H,12-17H2,2H3,(H,27,32)(H,30,31). The monoisotopic (exact) mass is 448 g/mol. The summed E-state index contributed by atoms with van der Waals surface area (Å²) in [5, 5.41) is 11.6. The summed E-state index contributed by atoms with van der Waals surface area (Å²) >= 11 is 0. The van der Waals surface area contributed by atoms with Gasteiger partial charge in [0.2, 0.25) is 5.91 Å². The Morgan fingerprint density at radius 3 is 2.30 bits per heavy atom. The van der Waals surface area contributed by atoms with Gasteiger partial charge in [-0.05, 0) is 34.6 Å². The van der Waals surface area contributed by atoms with E-state index in [1.54, 1.807) is 0 Å². The smallest absolute Gasteiger partial charge is 0.407 e. The lowest BCUT2D eigenvalue weighted by Gasteiger charge is -2.20. The number of carboxylic acid groups (broad SMARTS) is 1. The van der Waals surface area contributed by atoms with Crippen molar-refractivity contribution in [3.8, 4) is 23.5 Å². The SMILES string of the molecule is C#CCN(CC(=O)O)C(=O)CC(C)CCNC(=O)OCC1c2ccccc2-c2ccccc21. The van der Waals surface area contributed by atoms with Crippen LogP contribution < -0.4 is 5.32 Å². The minimum absolute atomic E-state index is 0.00364. The van der Waals surface area contributed by atoms with Crippen LogP contribution >= 0.6 is 0 Å². The minimum Gasteiger partial charge on any atom is -0.480 e. The Hall–Kier alpha value is -3.79. The number of alkyl carbamates (subject to hydrolysis) is 1. The number of nitrogens with zero attached hydrogens (tertiary/aromatic N) is 1. The highest BCUT2D eigenvalue weighted by Gasteiger charge is 2.29. The normalized spacial score (nSPS) is 12.7. The van der Waals surface area contributed by atoms with E-state index < -0.39 is 18.6 Å². The molecule has 0 saturated heterocycles. The van der Waals surface area contributed by atoms with Crippen LogP contribution in [0.15, 0.2) is 48.5 Å². The van der Waals surface area contributed by atoms with Crippen molar-refractivity contribution < 1.29 is 24.2 Å². The lowest BCUT2D eigenvalue weighted by Crippen LogP contribution is -2.37. The van der Waals surface area contributed by atoms with Gasteiger partial charge in [-0.15, -0.1) is 6.42 Å². The van der Waals surface area contributed by atoms with Crippen LogP contribution in [0.4, 0.5) is 4.79 Å². The number of benzene rings is 2. The molecule has 2 aromatic rings. The van der Waals surface area contributed by atoms with Crippen molar-refractivity contribution in [3.05, 3.63) is 59.7 Å². The van der Waals surface area contributed by atoms with Gasteiger partial charge in [0, 0.05) is 18.9 Å². The first-order valence-corrected chi connectivity index (χ1v) is 10.9. The van der Waals surface area contributed by atoms with Gasteiger partial charge in [0.1, 0.15) is 13.2 Å². The lowest BCUT2D eigenvalue weighted by atomic mass is 9.98. The number of aliphatic carboxylic acids is 1. The molecule has 2 amide bonds. The number of hydrogen-bond acceptors (Lipinski definition) is 4. The zero-order chi connectivity index (χ0) is 23.8. The molecular weight excluding hydrogens is 420 g/mol. The third-order valence-corrected chi connectivity index (χ3v) is 5.73. The quantitative estimate of drug-likeness (QED) is 0.543. The molecule has 0 aliphatic heterocycles. The summed E-state index contributed by atoms with van der Waals surface area (Å²) in [6.45, 7) is 1.99. The van der Waals surface area contributed by atoms with E-state index in [2.05, 4.69) is 35.5 Å². The van der Waals surface area contributed by atoms with Crippen LogP contribution in [0.1, 0.15) is 36.8 Å². The zero-order valence-corrected chi connectivity index (χ0v) is 18.6. The number of rotatable bonds is 10. The summed E-state index contributed by atoms with van der Waals surface area (Å²) in [5.74, 6) is 0.821. The molecule has 7 heteroatoms.